The molecule has 3 aromatic rings. The lowest BCUT2D eigenvalue weighted by Gasteiger charge is -2.05. The number of phenolic OH excluding ortho intramolecular Hbond substituents is 1. The summed E-state index contributed by atoms with van der Waals surface area (Å²) in [6, 6.07) is 13.4. The van der Waals surface area contributed by atoms with E-state index in [0.717, 1.165) is 0 Å². The highest BCUT2D eigenvalue weighted by molar-refractivity contribution is 6.02. The van der Waals surface area contributed by atoms with Gasteiger partial charge in [-0.3, -0.25) is 9.59 Å². The van der Waals surface area contributed by atoms with Gasteiger partial charge < -0.3 is 10.1 Å². The second-order valence-corrected chi connectivity index (χ2v) is 5.09. The molecule has 0 aliphatic carbocycles. The number of amides is 1. The molecule has 7 heteroatoms. The third-order valence-electron chi connectivity index (χ3n) is 3.45. The van der Waals surface area contributed by atoms with Crippen molar-refractivity contribution in [1.29, 1.82) is 0 Å². The van der Waals surface area contributed by atoms with Crippen molar-refractivity contribution in [3.63, 3.8) is 0 Å². The van der Waals surface area contributed by atoms with Crippen LogP contribution >= 0.6 is 0 Å². The van der Waals surface area contributed by atoms with Crippen LogP contribution < -0.4 is 11.0 Å². The number of H-pyrrole nitrogens is 1. The summed E-state index contributed by atoms with van der Waals surface area (Å²) in [4.78, 5) is 30.7. The summed E-state index contributed by atoms with van der Waals surface area (Å²) in [5.41, 5.74) is 3.27. The van der Waals surface area contributed by atoms with Crippen LogP contribution in [0.1, 0.15) is 23.1 Å². The zero-order chi connectivity index (χ0) is 17.1. The Hall–Kier alpha value is -3.48. The molecule has 120 valence electrons. The summed E-state index contributed by atoms with van der Waals surface area (Å²) in [7, 11) is 0. The molecule has 0 atom stereocenters. The van der Waals surface area contributed by atoms with E-state index in [0.29, 0.717) is 22.2 Å². The Morgan fingerprint density at radius 3 is 2.67 bits per heavy atom. The molecule has 0 radical (unpaired) electrons. The van der Waals surface area contributed by atoms with Crippen molar-refractivity contribution in [3.05, 3.63) is 70.3 Å². The summed E-state index contributed by atoms with van der Waals surface area (Å²) in [5.74, 6) is -0.717. The lowest BCUT2D eigenvalue weighted by Crippen LogP contribution is -2.25. The summed E-state index contributed by atoms with van der Waals surface area (Å²) in [5, 5.41) is 14.1. The minimum atomic E-state index is -0.646. The minimum Gasteiger partial charge on any atom is -0.507 e. The van der Waals surface area contributed by atoms with Crippen LogP contribution in [0.3, 0.4) is 0 Å². The van der Waals surface area contributed by atoms with E-state index in [4.69, 9.17) is 0 Å². The molecule has 0 bridgehead atoms. The molecule has 0 spiro atoms. The Morgan fingerprint density at radius 2 is 1.88 bits per heavy atom. The number of hydrogen-bond acceptors (Lipinski definition) is 5. The van der Waals surface area contributed by atoms with E-state index in [-0.39, 0.29) is 11.6 Å². The minimum absolute atomic E-state index is 0.0604. The Balaban J connectivity index is 1.87. The van der Waals surface area contributed by atoms with Crippen LogP contribution in [0.5, 0.6) is 5.75 Å². The number of nitrogens with one attached hydrogen (secondary N) is 2. The van der Waals surface area contributed by atoms with Gasteiger partial charge in [-0.1, -0.05) is 24.3 Å². The normalized spacial score (nSPS) is 11.5. The Bertz CT molecular complexity index is 1010. The maximum atomic E-state index is 12.1. The standard InChI is InChI=1S/C17H14N4O3/c1-10(11-6-3-5-9-14(11)22)20-21-17(24)15-18-13-8-4-2-7-12(13)16(23)19-15/h2-9,22H,1H3,(H,21,24)(H,18,19,23). The van der Waals surface area contributed by atoms with Crippen molar-refractivity contribution in [2.75, 3.05) is 0 Å². The largest absolute Gasteiger partial charge is 0.507 e. The molecule has 0 aliphatic heterocycles. The molecular formula is C17H14N4O3. The van der Waals surface area contributed by atoms with Gasteiger partial charge >= 0.3 is 5.91 Å². The van der Waals surface area contributed by atoms with Gasteiger partial charge in [0.05, 0.1) is 16.6 Å². The molecule has 1 aromatic heterocycles. The van der Waals surface area contributed by atoms with Crippen LogP contribution in [-0.2, 0) is 0 Å². The van der Waals surface area contributed by atoms with Crippen LogP contribution in [0.15, 0.2) is 58.4 Å². The summed E-state index contributed by atoms with van der Waals surface area (Å²) < 4.78 is 0. The number of nitrogens with zero attached hydrogens (tertiary/aromatic N) is 2. The van der Waals surface area contributed by atoms with Gasteiger partial charge in [0.1, 0.15) is 5.75 Å². The average Bonchev–Trinajstić information content (AvgIpc) is 2.59. The number of para-hydroxylation sites is 2. The summed E-state index contributed by atoms with van der Waals surface area (Å²) in [6.45, 7) is 1.64. The first-order valence-electron chi connectivity index (χ1n) is 7.18. The van der Waals surface area contributed by atoms with E-state index >= 15 is 0 Å². The zero-order valence-corrected chi connectivity index (χ0v) is 12.8. The number of hydrogen-bond donors (Lipinski definition) is 3. The van der Waals surface area contributed by atoms with Crippen molar-refractivity contribution in [2.45, 2.75) is 6.92 Å². The highest BCUT2D eigenvalue weighted by Crippen LogP contribution is 2.16. The van der Waals surface area contributed by atoms with E-state index in [1.54, 1.807) is 49.4 Å². The van der Waals surface area contributed by atoms with Crippen LogP contribution in [0.4, 0.5) is 0 Å². The topological polar surface area (TPSA) is 107 Å². The predicted molar refractivity (Wildman–Crippen MR) is 90.1 cm³/mol. The van der Waals surface area contributed by atoms with E-state index in [1.807, 2.05) is 0 Å². The van der Waals surface area contributed by atoms with Gasteiger partial charge in [-0.05, 0) is 31.2 Å². The van der Waals surface area contributed by atoms with Gasteiger partial charge in [-0.25, -0.2) is 10.4 Å². The number of rotatable bonds is 3. The Labute approximate surface area is 136 Å². The molecule has 3 rings (SSSR count). The molecule has 7 nitrogen and oxygen atoms in total. The number of carbonyl (C=O) groups is 1. The predicted octanol–water partition coefficient (Wildman–Crippen LogP) is 1.78. The fourth-order valence-corrected chi connectivity index (χ4v) is 2.22. The van der Waals surface area contributed by atoms with Gasteiger partial charge in [0.25, 0.3) is 5.56 Å². The number of fused-ring (bicyclic) bond motifs is 1. The molecule has 0 aliphatic rings. The smallest absolute Gasteiger partial charge is 0.307 e. The maximum Gasteiger partial charge on any atom is 0.307 e. The van der Waals surface area contributed by atoms with Crippen LogP contribution in [0, 0.1) is 0 Å². The molecular weight excluding hydrogens is 308 g/mol. The molecule has 2 aromatic carbocycles. The Kier molecular flexibility index (Phi) is 4.07. The zero-order valence-electron chi connectivity index (χ0n) is 12.8. The van der Waals surface area contributed by atoms with Gasteiger partial charge in [0, 0.05) is 5.56 Å². The second-order valence-electron chi connectivity index (χ2n) is 5.09. The molecule has 0 unspecified atom stereocenters. The quantitative estimate of drug-likeness (QED) is 0.504. The summed E-state index contributed by atoms with van der Waals surface area (Å²) >= 11 is 0. The monoisotopic (exact) mass is 322 g/mol. The first-order chi connectivity index (χ1) is 11.6. The molecule has 1 amide bonds. The molecule has 0 saturated carbocycles. The number of hydrazone groups is 1. The van der Waals surface area contributed by atoms with Crippen molar-refractivity contribution in [2.24, 2.45) is 5.10 Å². The van der Waals surface area contributed by atoms with E-state index in [2.05, 4.69) is 20.5 Å². The summed E-state index contributed by atoms with van der Waals surface area (Å²) in [6.07, 6.45) is 0. The molecule has 0 saturated heterocycles. The molecule has 24 heavy (non-hydrogen) atoms. The molecule has 3 N–H and O–H groups in total. The van der Waals surface area contributed by atoms with E-state index < -0.39 is 11.5 Å². The number of aromatic nitrogens is 2. The van der Waals surface area contributed by atoms with E-state index in [9.17, 15) is 14.7 Å². The van der Waals surface area contributed by atoms with Gasteiger partial charge in [-0.15, -0.1) is 0 Å². The Morgan fingerprint density at radius 1 is 1.17 bits per heavy atom. The number of aromatic amines is 1. The number of aromatic hydroxyl groups is 1. The average molecular weight is 322 g/mol. The third-order valence-corrected chi connectivity index (χ3v) is 3.45. The SMILES string of the molecule is CC(=NNC(=O)c1nc2ccccc2c(=O)[nH]1)c1ccccc1O. The maximum absolute atomic E-state index is 12.1. The first-order valence-corrected chi connectivity index (χ1v) is 7.18. The number of benzene rings is 2. The van der Waals surface area contributed by atoms with Crippen molar-refractivity contribution in [1.82, 2.24) is 15.4 Å². The third kappa shape index (κ3) is 3.00. The van der Waals surface area contributed by atoms with Crippen LogP contribution in [-0.4, -0.2) is 26.7 Å². The lowest BCUT2D eigenvalue weighted by molar-refractivity contribution is 0.0944. The van der Waals surface area contributed by atoms with Crippen molar-refractivity contribution in [3.8, 4) is 5.75 Å². The fraction of sp³-hybridized carbons (Fsp3) is 0.0588. The number of carbonyl (C=O) groups excluding carboxylic acids is 1. The first kappa shape index (κ1) is 15.4. The highest BCUT2D eigenvalue weighted by atomic mass is 16.3. The van der Waals surface area contributed by atoms with Crippen LogP contribution in [0.25, 0.3) is 10.9 Å². The second kappa shape index (κ2) is 6.33. The molecule has 0 fully saturated rings. The van der Waals surface area contributed by atoms with Crippen molar-refractivity contribution >= 4 is 22.5 Å². The number of phenols is 1. The molecule has 1 heterocycles. The van der Waals surface area contributed by atoms with Gasteiger partial charge in [-0.2, -0.15) is 5.10 Å². The van der Waals surface area contributed by atoms with Gasteiger partial charge in [0.2, 0.25) is 5.82 Å². The van der Waals surface area contributed by atoms with Crippen LogP contribution in [0.2, 0.25) is 0 Å². The lowest BCUT2D eigenvalue weighted by atomic mass is 10.1. The van der Waals surface area contributed by atoms with Gasteiger partial charge in [0.15, 0.2) is 0 Å². The highest BCUT2D eigenvalue weighted by Gasteiger charge is 2.11. The van der Waals surface area contributed by atoms with Crippen molar-refractivity contribution < 1.29 is 9.90 Å². The van der Waals surface area contributed by atoms with E-state index in [1.165, 1.54) is 6.07 Å². The fourth-order valence-electron chi connectivity index (χ4n) is 2.22.